The molecule has 0 N–H and O–H groups in total. The summed E-state index contributed by atoms with van der Waals surface area (Å²) in [6, 6.07) is 0. The molecule has 0 aromatic carbocycles. The molecule has 84 valence electrons. The fourth-order valence-electron chi connectivity index (χ4n) is 1.68. The Balaban J connectivity index is 3.91. The number of hydrogen-bond donors (Lipinski definition) is 1. The van der Waals surface area contributed by atoms with Gasteiger partial charge in [0.25, 0.3) is 0 Å². The van der Waals surface area contributed by atoms with E-state index in [1.54, 1.807) is 0 Å². The van der Waals surface area contributed by atoms with Gasteiger partial charge < -0.3 is 4.18 Å². The highest BCUT2D eigenvalue weighted by Crippen LogP contribution is 2.25. The van der Waals surface area contributed by atoms with Gasteiger partial charge in [0.2, 0.25) is 0 Å². The zero-order valence-electron chi connectivity index (χ0n) is 9.62. The summed E-state index contributed by atoms with van der Waals surface area (Å²) in [7, 11) is 0. The van der Waals surface area contributed by atoms with Crippen LogP contribution in [0.4, 0.5) is 0 Å². The molecule has 0 amide bonds. The average molecular weight is 218 g/mol. The van der Waals surface area contributed by atoms with Crippen LogP contribution in [0.3, 0.4) is 0 Å². The molecule has 3 heteroatoms. The third-order valence-electron chi connectivity index (χ3n) is 2.54. The van der Waals surface area contributed by atoms with Crippen molar-refractivity contribution in [3.63, 3.8) is 0 Å². The molecular weight excluding hydrogens is 196 g/mol. The Morgan fingerprint density at radius 3 is 2.21 bits per heavy atom. The van der Waals surface area contributed by atoms with Gasteiger partial charge in [-0.1, -0.05) is 27.7 Å². The summed E-state index contributed by atoms with van der Waals surface area (Å²) in [5, 5.41) is 0. The fraction of sp³-hybridized carbons (Fsp3) is 0.909. The standard InChI is InChI=1S/C11H22O2S/c1-8(2)7-10(9(3)4)5-6-11(12)13-14/h8-10,14H,5-7H2,1-4H3/t10-/m0/s1. The molecule has 0 bridgehead atoms. The van der Waals surface area contributed by atoms with Crippen LogP contribution in [0.2, 0.25) is 0 Å². The second kappa shape index (κ2) is 7.16. The van der Waals surface area contributed by atoms with E-state index < -0.39 is 0 Å². The molecule has 0 saturated carbocycles. The van der Waals surface area contributed by atoms with Gasteiger partial charge in [-0.2, -0.15) is 0 Å². The molecule has 0 aliphatic rings. The summed E-state index contributed by atoms with van der Waals surface area (Å²) in [4.78, 5) is 10.9. The smallest absolute Gasteiger partial charge is 0.317 e. The third-order valence-corrected chi connectivity index (χ3v) is 2.74. The summed E-state index contributed by atoms with van der Waals surface area (Å²) in [5.41, 5.74) is 0. The van der Waals surface area contributed by atoms with Crippen molar-refractivity contribution in [3.05, 3.63) is 0 Å². The van der Waals surface area contributed by atoms with Crippen LogP contribution in [0.1, 0.15) is 47.0 Å². The summed E-state index contributed by atoms with van der Waals surface area (Å²) < 4.78 is 4.34. The molecular formula is C11H22O2S. The zero-order valence-corrected chi connectivity index (χ0v) is 10.5. The third kappa shape index (κ3) is 6.30. The van der Waals surface area contributed by atoms with Gasteiger partial charge in [-0.3, -0.25) is 4.79 Å². The highest BCUT2D eigenvalue weighted by molar-refractivity contribution is 7.75. The molecule has 0 aromatic heterocycles. The minimum absolute atomic E-state index is 0.220. The van der Waals surface area contributed by atoms with Gasteiger partial charge in [0.15, 0.2) is 0 Å². The SMILES string of the molecule is CC(C)C[C@H](CCC(=O)OS)C(C)C. The highest BCUT2D eigenvalue weighted by atomic mass is 32.1. The Morgan fingerprint density at radius 1 is 1.29 bits per heavy atom. The fourth-order valence-corrected chi connectivity index (χ4v) is 1.77. The Bertz CT molecular complexity index is 167. The number of carbonyl (C=O) groups is 1. The maximum atomic E-state index is 10.9. The van der Waals surface area contributed by atoms with Gasteiger partial charge >= 0.3 is 5.97 Å². The Hall–Kier alpha value is -0.180. The van der Waals surface area contributed by atoms with Crippen LogP contribution in [-0.2, 0) is 8.98 Å². The van der Waals surface area contributed by atoms with Crippen LogP contribution in [-0.4, -0.2) is 5.97 Å². The lowest BCUT2D eigenvalue weighted by molar-refractivity contribution is -0.133. The van der Waals surface area contributed by atoms with Crippen LogP contribution >= 0.6 is 12.9 Å². The van der Waals surface area contributed by atoms with Crippen molar-refractivity contribution in [2.24, 2.45) is 17.8 Å². The molecule has 0 aliphatic carbocycles. The second-order valence-corrected chi connectivity index (χ2v) is 4.82. The molecule has 1 atom stereocenters. The van der Waals surface area contributed by atoms with E-state index in [1.165, 1.54) is 6.42 Å². The first-order valence-corrected chi connectivity index (χ1v) is 5.68. The van der Waals surface area contributed by atoms with Gasteiger partial charge in [0.05, 0.1) is 0 Å². The monoisotopic (exact) mass is 218 g/mol. The Labute approximate surface area is 93.0 Å². The van der Waals surface area contributed by atoms with E-state index in [9.17, 15) is 4.79 Å². The molecule has 0 aromatic rings. The lowest BCUT2D eigenvalue weighted by Gasteiger charge is -2.22. The maximum Gasteiger partial charge on any atom is 0.317 e. The Kier molecular flexibility index (Phi) is 7.06. The van der Waals surface area contributed by atoms with Gasteiger partial charge in [0.1, 0.15) is 0 Å². The predicted octanol–water partition coefficient (Wildman–Crippen LogP) is 3.47. The van der Waals surface area contributed by atoms with E-state index in [1.807, 2.05) is 0 Å². The first kappa shape index (κ1) is 13.8. The van der Waals surface area contributed by atoms with Crippen molar-refractivity contribution in [3.8, 4) is 0 Å². The topological polar surface area (TPSA) is 26.3 Å². The lowest BCUT2D eigenvalue weighted by Crippen LogP contribution is -2.13. The molecule has 0 radical (unpaired) electrons. The van der Waals surface area contributed by atoms with E-state index in [0.29, 0.717) is 24.2 Å². The van der Waals surface area contributed by atoms with Gasteiger partial charge in [-0.15, -0.1) is 0 Å². The molecule has 0 heterocycles. The number of hydrogen-bond acceptors (Lipinski definition) is 3. The number of thiol groups is 1. The predicted molar refractivity (Wildman–Crippen MR) is 62.1 cm³/mol. The second-order valence-electron chi connectivity index (χ2n) is 4.64. The van der Waals surface area contributed by atoms with Crippen LogP contribution < -0.4 is 0 Å². The maximum absolute atomic E-state index is 10.9. The normalized spacial score (nSPS) is 13.4. The van der Waals surface area contributed by atoms with E-state index in [4.69, 9.17) is 0 Å². The van der Waals surface area contributed by atoms with Crippen molar-refractivity contribution in [2.75, 3.05) is 0 Å². The van der Waals surface area contributed by atoms with E-state index in [0.717, 1.165) is 6.42 Å². The van der Waals surface area contributed by atoms with Gasteiger partial charge in [-0.25, -0.2) is 0 Å². The van der Waals surface area contributed by atoms with Crippen LogP contribution in [0.15, 0.2) is 0 Å². The van der Waals surface area contributed by atoms with Crippen molar-refractivity contribution >= 4 is 18.9 Å². The molecule has 0 saturated heterocycles. The van der Waals surface area contributed by atoms with Crippen LogP contribution in [0, 0.1) is 17.8 Å². The first-order valence-electron chi connectivity index (χ1n) is 5.31. The number of carbonyl (C=O) groups excluding carboxylic acids is 1. The summed E-state index contributed by atoms with van der Waals surface area (Å²) in [6.07, 6.45) is 2.58. The largest absolute Gasteiger partial charge is 0.395 e. The van der Waals surface area contributed by atoms with Gasteiger partial charge in [-0.05, 0) is 30.6 Å². The minimum atomic E-state index is -0.220. The minimum Gasteiger partial charge on any atom is -0.395 e. The zero-order chi connectivity index (χ0) is 11.1. The van der Waals surface area contributed by atoms with Crippen molar-refractivity contribution in [2.45, 2.75) is 47.0 Å². The summed E-state index contributed by atoms with van der Waals surface area (Å²) in [6.45, 7) is 8.84. The quantitative estimate of drug-likeness (QED) is 0.546. The summed E-state index contributed by atoms with van der Waals surface area (Å²) >= 11 is 3.49. The molecule has 2 nitrogen and oxygen atoms in total. The lowest BCUT2D eigenvalue weighted by atomic mass is 9.84. The molecule has 0 fully saturated rings. The average Bonchev–Trinajstić information content (AvgIpc) is 2.10. The highest BCUT2D eigenvalue weighted by Gasteiger charge is 2.16. The summed E-state index contributed by atoms with van der Waals surface area (Å²) in [5.74, 6) is 1.71. The van der Waals surface area contributed by atoms with Crippen LogP contribution in [0.5, 0.6) is 0 Å². The first-order chi connectivity index (χ1) is 6.47. The van der Waals surface area contributed by atoms with Crippen LogP contribution in [0.25, 0.3) is 0 Å². The molecule has 0 unspecified atom stereocenters. The van der Waals surface area contributed by atoms with Crippen molar-refractivity contribution in [1.82, 2.24) is 0 Å². The molecule has 14 heavy (non-hydrogen) atoms. The van der Waals surface area contributed by atoms with E-state index in [-0.39, 0.29) is 5.97 Å². The van der Waals surface area contributed by atoms with Gasteiger partial charge in [0, 0.05) is 19.3 Å². The van der Waals surface area contributed by atoms with E-state index >= 15 is 0 Å². The van der Waals surface area contributed by atoms with Crippen molar-refractivity contribution < 1.29 is 8.98 Å². The Morgan fingerprint density at radius 2 is 1.86 bits per heavy atom. The number of rotatable bonds is 6. The molecule has 0 aliphatic heterocycles. The van der Waals surface area contributed by atoms with Crippen molar-refractivity contribution in [1.29, 1.82) is 0 Å². The molecule has 0 rings (SSSR count). The van der Waals surface area contributed by atoms with E-state index in [2.05, 4.69) is 44.8 Å². The molecule has 0 spiro atoms.